The van der Waals surface area contributed by atoms with Crippen molar-refractivity contribution in [2.45, 2.75) is 58.5 Å². The lowest BCUT2D eigenvalue weighted by molar-refractivity contribution is -0.00553. The zero-order valence-electron chi connectivity index (χ0n) is 26.0. The van der Waals surface area contributed by atoms with E-state index in [2.05, 4.69) is 60.2 Å². The molecule has 45 heavy (non-hydrogen) atoms. The quantitative estimate of drug-likeness (QED) is 0.104. The fourth-order valence-corrected chi connectivity index (χ4v) is 11.0. The molecule has 0 radical (unpaired) electrons. The van der Waals surface area contributed by atoms with Crippen LogP contribution in [0.25, 0.3) is 0 Å². The van der Waals surface area contributed by atoms with E-state index in [9.17, 15) is 5.21 Å². The molecular weight excluding hydrogens is 614 g/mol. The van der Waals surface area contributed by atoms with Gasteiger partial charge in [-0.2, -0.15) is 0 Å². The van der Waals surface area contributed by atoms with Gasteiger partial charge in [-0.15, -0.1) is 0 Å². The largest absolute Gasteiger partial charge is 0.410 e. The standard InChI is InChI=1S/C34H37ClF2N4O3Si/c1-22-19-41(20-23(2)44-22)33-24(16-27(30(36)31(33)37)32(40-42)28-17-38-18-29(35)39-28)21-43-45(34(3,4)5,25-12-8-6-9-13-25)26-14-10-7-11-15-26/h6-18,22-23,42H,19-21H2,1-5H3/t22-,23+. The number of hydrogen-bond acceptors (Lipinski definition) is 7. The van der Waals surface area contributed by atoms with E-state index in [1.807, 2.05) is 50.2 Å². The number of morpholine rings is 1. The Bertz CT molecular complexity index is 1620. The van der Waals surface area contributed by atoms with Crippen molar-refractivity contribution in [1.29, 1.82) is 0 Å². The van der Waals surface area contributed by atoms with E-state index in [1.54, 1.807) is 4.90 Å². The molecule has 0 saturated carbocycles. The molecule has 2 heterocycles. The molecule has 1 aliphatic heterocycles. The van der Waals surface area contributed by atoms with Crippen LogP contribution in [0.1, 0.15) is 51.4 Å². The zero-order valence-corrected chi connectivity index (χ0v) is 27.7. The molecule has 2 atom stereocenters. The first-order valence-electron chi connectivity index (χ1n) is 14.8. The lowest BCUT2D eigenvalue weighted by Crippen LogP contribution is -2.66. The highest BCUT2D eigenvalue weighted by molar-refractivity contribution is 6.99. The number of oxime groups is 1. The second-order valence-electron chi connectivity index (χ2n) is 12.3. The molecule has 3 aromatic carbocycles. The average molecular weight is 651 g/mol. The molecule has 1 N–H and O–H groups in total. The number of ether oxygens (including phenoxy) is 1. The van der Waals surface area contributed by atoms with Crippen LogP contribution in [0.15, 0.2) is 84.3 Å². The van der Waals surface area contributed by atoms with E-state index in [0.717, 1.165) is 10.4 Å². The maximum absolute atomic E-state index is 16.5. The van der Waals surface area contributed by atoms with Gasteiger partial charge in [0.1, 0.15) is 16.6 Å². The average Bonchev–Trinajstić information content (AvgIpc) is 3.00. The minimum atomic E-state index is -3.07. The van der Waals surface area contributed by atoms with Crippen molar-refractivity contribution in [1.82, 2.24) is 9.97 Å². The number of benzene rings is 3. The van der Waals surface area contributed by atoms with Crippen molar-refractivity contribution < 1.29 is 23.2 Å². The van der Waals surface area contributed by atoms with Gasteiger partial charge in [0.2, 0.25) is 0 Å². The van der Waals surface area contributed by atoms with Crippen molar-refractivity contribution in [2.75, 3.05) is 18.0 Å². The summed E-state index contributed by atoms with van der Waals surface area (Å²) in [6, 6.07) is 21.6. The molecule has 1 fully saturated rings. The Morgan fingerprint density at radius 2 is 1.58 bits per heavy atom. The maximum atomic E-state index is 16.5. The Morgan fingerprint density at radius 3 is 2.09 bits per heavy atom. The SMILES string of the molecule is C[C@@H]1CN(c2c(CO[Si](c3ccccc3)(c3ccccc3)C(C)(C)C)cc(C(=NO)c3cncc(Cl)n3)c(F)c2F)C[C@H](C)O1. The molecule has 0 aliphatic carbocycles. The van der Waals surface area contributed by atoms with Gasteiger partial charge in [-0.3, -0.25) is 4.98 Å². The minimum absolute atomic E-state index is 0.0106. The molecule has 11 heteroatoms. The summed E-state index contributed by atoms with van der Waals surface area (Å²) in [6.07, 6.45) is 2.15. The predicted molar refractivity (Wildman–Crippen MR) is 175 cm³/mol. The summed E-state index contributed by atoms with van der Waals surface area (Å²) in [4.78, 5) is 9.91. The van der Waals surface area contributed by atoms with Crippen LogP contribution < -0.4 is 15.3 Å². The van der Waals surface area contributed by atoms with Crippen LogP contribution in [0, 0.1) is 11.6 Å². The number of aromatic nitrogens is 2. The van der Waals surface area contributed by atoms with E-state index in [0.29, 0.717) is 18.7 Å². The monoisotopic (exact) mass is 650 g/mol. The second-order valence-corrected chi connectivity index (χ2v) is 17.0. The summed E-state index contributed by atoms with van der Waals surface area (Å²) >= 11 is 6.04. The van der Waals surface area contributed by atoms with Gasteiger partial charge in [0, 0.05) is 24.2 Å². The van der Waals surface area contributed by atoms with Gasteiger partial charge in [-0.1, -0.05) is 98.2 Å². The highest BCUT2D eigenvalue weighted by Gasteiger charge is 2.50. The van der Waals surface area contributed by atoms with E-state index >= 15 is 8.78 Å². The summed E-state index contributed by atoms with van der Waals surface area (Å²) in [5, 5.41) is 15.1. The van der Waals surface area contributed by atoms with Crippen LogP contribution in [-0.2, 0) is 15.8 Å². The van der Waals surface area contributed by atoms with E-state index in [-0.39, 0.29) is 51.7 Å². The van der Waals surface area contributed by atoms with E-state index in [1.165, 1.54) is 18.5 Å². The van der Waals surface area contributed by atoms with E-state index in [4.69, 9.17) is 20.8 Å². The first kappa shape index (κ1) is 32.7. The molecule has 7 nitrogen and oxygen atoms in total. The number of hydrogen-bond donors (Lipinski definition) is 1. The molecule has 5 rings (SSSR count). The van der Waals surface area contributed by atoms with Crippen molar-refractivity contribution >= 4 is 41.7 Å². The summed E-state index contributed by atoms with van der Waals surface area (Å²) in [5.41, 5.74) is -0.113. The van der Waals surface area contributed by atoms with Crippen molar-refractivity contribution in [3.05, 3.63) is 113 Å². The van der Waals surface area contributed by atoms with Crippen LogP contribution in [0.5, 0.6) is 0 Å². The van der Waals surface area contributed by atoms with Crippen molar-refractivity contribution in [2.24, 2.45) is 5.16 Å². The first-order valence-corrected chi connectivity index (χ1v) is 17.1. The van der Waals surface area contributed by atoms with Gasteiger partial charge < -0.3 is 19.3 Å². The number of rotatable bonds is 8. The van der Waals surface area contributed by atoms with Crippen LogP contribution in [0.2, 0.25) is 10.2 Å². The predicted octanol–water partition coefficient (Wildman–Crippen LogP) is 6.33. The number of halogens is 3. The van der Waals surface area contributed by atoms with Crippen LogP contribution in [0.3, 0.4) is 0 Å². The summed E-state index contributed by atoms with van der Waals surface area (Å²) in [5.74, 6) is -2.26. The molecular formula is C34H37ClF2N4O3Si. The summed E-state index contributed by atoms with van der Waals surface area (Å²) in [7, 11) is -3.07. The van der Waals surface area contributed by atoms with Crippen molar-refractivity contribution in [3.8, 4) is 0 Å². The second kappa shape index (κ2) is 13.3. The van der Waals surface area contributed by atoms with Crippen LogP contribution in [-0.4, -0.2) is 54.5 Å². The molecule has 0 unspecified atom stereocenters. The summed E-state index contributed by atoms with van der Waals surface area (Å²) in [6.45, 7) is 10.9. The Balaban J connectivity index is 1.71. The zero-order chi connectivity index (χ0) is 32.4. The highest BCUT2D eigenvalue weighted by Crippen LogP contribution is 2.39. The van der Waals surface area contributed by atoms with Gasteiger partial charge in [0.15, 0.2) is 11.6 Å². The van der Waals surface area contributed by atoms with Gasteiger partial charge in [-0.25, -0.2) is 13.8 Å². The highest BCUT2D eigenvalue weighted by atomic mass is 35.5. The van der Waals surface area contributed by atoms with Crippen LogP contribution >= 0.6 is 11.6 Å². The fraction of sp³-hybridized carbons (Fsp3) is 0.324. The van der Waals surface area contributed by atoms with E-state index < -0.39 is 20.0 Å². The first-order chi connectivity index (χ1) is 21.5. The molecule has 1 aromatic heterocycles. The Hall–Kier alpha value is -3.70. The molecule has 0 spiro atoms. The third-order valence-corrected chi connectivity index (χ3v) is 13.2. The summed E-state index contributed by atoms with van der Waals surface area (Å²) < 4.78 is 45.6. The van der Waals surface area contributed by atoms with Gasteiger partial charge in [0.25, 0.3) is 8.32 Å². The smallest absolute Gasteiger partial charge is 0.261 e. The maximum Gasteiger partial charge on any atom is 0.261 e. The Labute approximate surface area is 268 Å². The molecule has 0 amide bonds. The molecule has 1 aliphatic rings. The third-order valence-electron chi connectivity index (χ3n) is 8.06. The number of anilines is 1. The molecule has 0 bridgehead atoms. The lowest BCUT2D eigenvalue weighted by atomic mass is 10.0. The third kappa shape index (κ3) is 6.51. The van der Waals surface area contributed by atoms with Gasteiger partial charge in [0.05, 0.1) is 36.9 Å². The fourth-order valence-electron chi connectivity index (χ4n) is 6.30. The molecule has 236 valence electrons. The lowest BCUT2D eigenvalue weighted by Gasteiger charge is -2.43. The van der Waals surface area contributed by atoms with Gasteiger partial charge in [-0.05, 0) is 35.3 Å². The molecule has 4 aromatic rings. The Morgan fingerprint density at radius 1 is 1.00 bits per heavy atom. The number of nitrogens with zero attached hydrogens (tertiary/aromatic N) is 4. The molecule has 1 saturated heterocycles. The van der Waals surface area contributed by atoms with Crippen LogP contribution in [0.4, 0.5) is 14.5 Å². The van der Waals surface area contributed by atoms with Crippen molar-refractivity contribution in [3.63, 3.8) is 0 Å². The Kier molecular flexibility index (Phi) is 9.69. The van der Waals surface area contributed by atoms with Gasteiger partial charge >= 0.3 is 0 Å². The topological polar surface area (TPSA) is 80.1 Å². The minimum Gasteiger partial charge on any atom is -0.410 e. The normalized spacial score (nSPS) is 17.9.